The highest BCUT2D eigenvalue weighted by molar-refractivity contribution is 5.88. The van der Waals surface area contributed by atoms with E-state index in [1.807, 2.05) is 56.6 Å². The van der Waals surface area contributed by atoms with E-state index in [1.165, 1.54) is 0 Å². The van der Waals surface area contributed by atoms with Gasteiger partial charge in [0, 0.05) is 19.8 Å². The number of hydrogen-bond donors (Lipinski definition) is 0. The minimum Gasteiger partial charge on any atom is -0.378 e. The third-order valence-electron chi connectivity index (χ3n) is 2.92. The molecule has 0 atom stereocenters. The van der Waals surface area contributed by atoms with Crippen molar-refractivity contribution in [3.63, 3.8) is 0 Å². The van der Waals surface area contributed by atoms with Gasteiger partial charge in [-0.2, -0.15) is 10.5 Å². The molecule has 2 aromatic carbocycles. The number of anilines is 1. The number of allylic oxidation sites excluding steroid dienone is 1. The van der Waals surface area contributed by atoms with Crippen molar-refractivity contribution < 1.29 is 0 Å². The van der Waals surface area contributed by atoms with Gasteiger partial charge in [-0.25, -0.2) is 0 Å². The minimum atomic E-state index is 0.115. The van der Waals surface area contributed by atoms with Crippen molar-refractivity contribution in [3.8, 4) is 12.1 Å². The van der Waals surface area contributed by atoms with E-state index in [-0.39, 0.29) is 5.57 Å². The lowest BCUT2D eigenvalue weighted by atomic mass is 10.0. The third-order valence-corrected chi connectivity index (χ3v) is 2.92. The van der Waals surface area contributed by atoms with Crippen molar-refractivity contribution >= 4 is 22.5 Å². The highest BCUT2D eigenvalue weighted by Crippen LogP contribution is 2.22. The Morgan fingerprint density at radius 3 is 2.26 bits per heavy atom. The van der Waals surface area contributed by atoms with Gasteiger partial charge in [-0.05, 0) is 40.6 Å². The maximum Gasteiger partial charge on any atom is 0.130 e. The third kappa shape index (κ3) is 2.73. The molecule has 0 aliphatic rings. The van der Waals surface area contributed by atoms with Crippen LogP contribution in [0.4, 0.5) is 5.69 Å². The summed E-state index contributed by atoms with van der Waals surface area (Å²) >= 11 is 0. The molecule has 0 fully saturated rings. The molecule has 0 saturated heterocycles. The first-order chi connectivity index (χ1) is 9.13. The Labute approximate surface area is 112 Å². The highest BCUT2D eigenvalue weighted by atomic mass is 15.1. The van der Waals surface area contributed by atoms with Gasteiger partial charge >= 0.3 is 0 Å². The van der Waals surface area contributed by atoms with E-state index in [0.29, 0.717) is 0 Å². The first-order valence-electron chi connectivity index (χ1n) is 5.87. The van der Waals surface area contributed by atoms with Crippen molar-refractivity contribution in [1.82, 2.24) is 0 Å². The van der Waals surface area contributed by atoms with Crippen molar-refractivity contribution in [3.05, 3.63) is 47.5 Å². The summed E-state index contributed by atoms with van der Waals surface area (Å²) < 4.78 is 0. The molecule has 0 radical (unpaired) electrons. The lowest BCUT2D eigenvalue weighted by Gasteiger charge is -2.13. The molecule has 0 aliphatic heterocycles. The number of rotatable bonds is 2. The Hall–Kier alpha value is -2.78. The number of nitriles is 2. The maximum atomic E-state index is 8.75. The van der Waals surface area contributed by atoms with Crippen LogP contribution in [0.1, 0.15) is 5.56 Å². The maximum absolute atomic E-state index is 8.75. The van der Waals surface area contributed by atoms with Crippen molar-refractivity contribution in [2.24, 2.45) is 0 Å². The molecule has 92 valence electrons. The highest BCUT2D eigenvalue weighted by Gasteiger charge is 2.00. The fourth-order valence-electron chi connectivity index (χ4n) is 1.88. The van der Waals surface area contributed by atoms with E-state index < -0.39 is 0 Å². The van der Waals surface area contributed by atoms with Gasteiger partial charge in [-0.1, -0.05) is 18.2 Å². The average molecular weight is 247 g/mol. The largest absolute Gasteiger partial charge is 0.378 e. The predicted octanol–water partition coefficient (Wildman–Crippen LogP) is 3.34. The van der Waals surface area contributed by atoms with Gasteiger partial charge in [0.2, 0.25) is 0 Å². The van der Waals surface area contributed by atoms with E-state index in [9.17, 15) is 0 Å². The Bertz CT molecular complexity index is 712. The molecule has 2 rings (SSSR count). The zero-order valence-corrected chi connectivity index (χ0v) is 10.9. The molecule has 0 aliphatic carbocycles. The Morgan fingerprint density at radius 2 is 1.63 bits per heavy atom. The van der Waals surface area contributed by atoms with Crippen LogP contribution in [0.2, 0.25) is 0 Å². The fraction of sp³-hybridized carbons (Fsp3) is 0.125. The molecule has 3 heteroatoms. The Balaban J connectivity index is 2.49. The molecule has 0 bridgehead atoms. The summed E-state index contributed by atoms with van der Waals surface area (Å²) in [5, 5.41) is 19.7. The summed E-state index contributed by atoms with van der Waals surface area (Å²) in [5.74, 6) is 0. The second-order valence-electron chi connectivity index (χ2n) is 4.47. The van der Waals surface area contributed by atoms with Crippen LogP contribution in [0.5, 0.6) is 0 Å². The molecule has 0 spiro atoms. The number of nitrogens with zero attached hydrogens (tertiary/aromatic N) is 3. The fourth-order valence-corrected chi connectivity index (χ4v) is 1.88. The number of hydrogen-bond acceptors (Lipinski definition) is 3. The van der Waals surface area contributed by atoms with Gasteiger partial charge < -0.3 is 4.90 Å². The van der Waals surface area contributed by atoms with Gasteiger partial charge in [0.15, 0.2) is 0 Å². The van der Waals surface area contributed by atoms with Gasteiger partial charge in [0.25, 0.3) is 0 Å². The normalized spacial score (nSPS) is 9.47. The van der Waals surface area contributed by atoms with Crippen molar-refractivity contribution in [2.45, 2.75) is 0 Å². The van der Waals surface area contributed by atoms with Crippen LogP contribution in [0.15, 0.2) is 42.0 Å². The zero-order valence-electron chi connectivity index (χ0n) is 10.9. The van der Waals surface area contributed by atoms with Gasteiger partial charge in [0.1, 0.15) is 17.7 Å². The first-order valence-corrected chi connectivity index (χ1v) is 5.87. The standard InChI is InChI=1S/C16H13N3/c1-19(2)16-6-5-14-8-12(3-4-15(14)9-16)7-13(10-17)11-18/h3-9H,1-2H3. The van der Waals surface area contributed by atoms with E-state index in [1.54, 1.807) is 6.08 Å². The number of fused-ring (bicyclic) bond motifs is 1. The predicted molar refractivity (Wildman–Crippen MR) is 77.5 cm³/mol. The topological polar surface area (TPSA) is 50.8 Å². The molecule has 0 aromatic heterocycles. The summed E-state index contributed by atoms with van der Waals surface area (Å²) in [6, 6.07) is 15.8. The lowest BCUT2D eigenvalue weighted by Crippen LogP contribution is -2.07. The van der Waals surface area contributed by atoms with E-state index >= 15 is 0 Å². The van der Waals surface area contributed by atoms with Crippen LogP contribution < -0.4 is 4.90 Å². The minimum absolute atomic E-state index is 0.115. The summed E-state index contributed by atoms with van der Waals surface area (Å²) in [5.41, 5.74) is 2.12. The summed E-state index contributed by atoms with van der Waals surface area (Å²) in [6.45, 7) is 0. The van der Waals surface area contributed by atoms with E-state index in [2.05, 4.69) is 11.0 Å². The first kappa shape index (κ1) is 12.7. The second-order valence-corrected chi connectivity index (χ2v) is 4.47. The molecule has 0 heterocycles. The number of benzene rings is 2. The SMILES string of the molecule is CN(C)c1ccc2cc(C=C(C#N)C#N)ccc2c1. The monoisotopic (exact) mass is 247 g/mol. The van der Waals surface area contributed by atoms with Crippen LogP contribution in [0.3, 0.4) is 0 Å². The summed E-state index contributed by atoms with van der Waals surface area (Å²) in [6.07, 6.45) is 1.60. The molecule has 0 unspecified atom stereocenters. The molecule has 0 amide bonds. The molecular formula is C16H13N3. The Kier molecular flexibility index (Phi) is 3.50. The molecule has 0 saturated carbocycles. The van der Waals surface area contributed by atoms with Crippen LogP contribution in [0.25, 0.3) is 16.8 Å². The molecule has 3 nitrogen and oxygen atoms in total. The van der Waals surface area contributed by atoms with Crippen LogP contribution in [0, 0.1) is 22.7 Å². The molecule has 0 N–H and O–H groups in total. The molecular weight excluding hydrogens is 234 g/mol. The van der Waals surface area contributed by atoms with Gasteiger partial charge in [-0.3, -0.25) is 0 Å². The summed E-state index contributed by atoms with van der Waals surface area (Å²) in [4.78, 5) is 2.05. The smallest absolute Gasteiger partial charge is 0.130 e. The second kappa shape index (κ2) is 5.25. The van der Waals surface area contributed by atoms with E-state index in [4.69, 9.17) is 10.5 Å². The quantitative estimate of drug-likeness (QED) is 0.765. The molecule has 19 heavy (non-hydrogen) atoms. The van der Waals surface area contributed by atoms with Crippen molar-refractivity contribution in [1.29, 1.82) is 10.5 Å². The Morgan fingerprint density at radius 1 is 1.00 bits per heavy atom. The van der Waals surface area contributed by atoms with Crippen LogP contribution in [-0.4, -0.2) is 14.1 Å². The van der Waals surface area contributed by atoms with Crippen LogP contribution in [-0.2, 0) is 0 Å². The lowest BCUT2D eigenvalue weighted by molar-refractivity contribution is 1.14. The average Bonchev–Trinajstić information content (AvgIpc) is 2.43. The van der Waals surface area contributed by atoms with E-state index in [0.717, 1.165) is 22.0 Å². The van der Waals surface area contributed by atoms with Crippen LogP contribution >= 0.6 is 0 Å². The zero-order chi connectivity index (χ0) is 13.8. The van der Waals surface area contributed by atoms with Gasteiger partial charge in [0.05, 0.1) is 0 Å². The van der Waals surface area contributed by atoms with Gasteiger partial charge in [-0.15, -0.1) is 0 Å². The molecule has 2 aromatic rings. The van der Waals surface area contributed by atoms with Crippen molar-refractivity contribution in [2.75, 3.05) is 19.0 Å². The summed E-state index contributed by atoms with van der Waals surface area (Å²) in [7, 11) is 4.01.